The van der Waals surface area contributed by atoms with Crippen LogP contribution in [-0.4, -0.2) is 20.9 Å². The van der Waals surface area contributed by atoms with Gasteiger partial charge in [0.1, 0.15) is 6.54 Å². The van der Waals surface area contributed by atoms with Gasteiger partial charge in [0, 0.05) is 5.69 Å². The van der Waals surface area contributed by atoms with Crippen molar-refractivity contribution in [2.75, 3.05) is 16.2 Å². The van der Waals surface area contributed by atoms with Crippen LogP contribution in [0.2, 0.25) is 0 Å². The van der Waals surface area contributed by atoms with E-state index in [9.17, 15) is 13.2 Å². The van der Waals surface area contributed by atoms with Crippen LogP contribution in [0.15, 0.2) is 83.8 Å². The van der Waals surface area contributed by atoms with Crippen LogP contribution in [0.5, 0.6) is 0 Å². The van der Waals surface area contributed by atoms with E-state index in [2.05, 4.69) is 5.32 Å². The fourth-order valence-corrected chi connectivity index (χ4v) is 4.62. The number of amides is 1. The molecule has 3 rings (SSSR count). The highest BCUT2D eigenvalue weighted by Crippen LogP contribution is 2.26. The molecule has 3 aromatic rings. The van der Waals surface area contributed by atoms with Crippen molar-refractivity contribution in [3.05, 3.63) is 90.0 Å². The summed E-state index contributed by atoms with van der Waals surface area (Å²) < 4.78 is 27.8. The molecule has 0 unspecified atom stereocenters. The molecule has 0 atom stereocenters. The molecule has 6 heteroatoms. The summed E-state index contributed by atoms with van der Waals surface area (Å²) >= 11 is 0. The quantitative estimate of drug-likeness (QED) is 0.586. The molecule has 0 aliphatic carbocycles. The molecule has 30 heavy (non-hydrogen) atoms. The van der Waals surface area contributed by atoms with Crippen molar-refractivity contribution in [3.63, 3.8) is 0 Å². The summed E-state index contributed by atoms with van der Waals surface area (Å²) in [6.45, 7) is 5.69. The molecule has 0 heterocycles. The molecule has 0 spiro atoms. The van der Waals surface area contributed by atoms with Crippen molar-refractivity contribution in [3.8, 4) is 0 Å². The molecule has 0 aliphatic heterocycles. The van der Waals surface area contributed by atoms with Gasteiger partial charge in [-0.15, -0.1) is 0 Å². The van der Waals surface area contributed by atoms with E-state index in [0.29, 0.717) is 11.4 Å². The Morgan fingerprint density at radius 3 is 2.13 bits per heavy atom. The van der Waals surface area contributed by atoms with Gasteiger partial charge in [-0.3, -0.25) is 9.10 Å². The van der Waals surface area contributed by atoms with Gasteiger partial charge in [-0.1, -0.05) is 67.9 Å². The number of hydrogen-bond donors (Lipinski definition) is 1. The van der Waals surface area contributed by atoms with Crippen LogP contribution in [0, 0.1) is 6.92 Å². The third-order valence-electron chi connectivity index (χ3n) is 4.80. The molecule has 0 radical (unpaired) electrons. The van der Waals surface area contributed by atoms with Crippen LogP contribution in [0.1, 0.15) is 30.9 Å². The maximum Gasteiger partial charge on any atom is 0.264 e. The van der Waals surface area contributed by atoms with Crippen molar-refractivity contribution in [1.82, 2.24) is 0 Å². The zero-order valence-corrected chi connectivity index (χ0v) is 18.2. The Balaban J connectivity index is 1.94. The predicted octanol–water partition coefficient (Wildman–Crippen LogP) is 4.95. The zero-order chi connectivity index (χ0) is 21.7. The Morgan fingerprint density at radius 2 is 1.50 bits per heavy atom. The molecule has 0 saturated carbocycles. The second kappa shape index (κ2) is 9.13. The number of benzene rings is 3. The molecule has 5 nitrogen and oxygen atoms in total. The minimum absolute atomic E-state index is 0.140. The average molecular weight is 423 g/mol. The first kappa shape index (κ1) is 21.6. The number of sulfonamides is 1. The fraction of sp³-hybridized carbons (Fsp3) is 0.208. The van der Waals surface area contributed by atoms with E-state index in [1.165, 1.54) is 12.1 Å². The lowest BCUT2D eigenvalue weighted by molar-refractivity contribution is -0.114. The molecular weight excluding hydrogens is 396 g/mol. The Labute approximate surface area is 178 Å². The molecule has 0 aliphatic rings. The highest BCUT2D eigenvalue weighted by molar-refractivity contribution is 7.92. The van der Waals surface area contributed by atoms with E-state index in [1.807, 2.05) is 57.2 Å². The van der Waals surface area contributed by atoms with Crippen LogP contribution >= 0.6 is 0 Å². The van der Waals surface area contributed by atoms with Crippen LogP contribution in [0.4, 0.5) is 11.4 Å². The summed E-state index contributed by atoms with van der Waals surface area (Å²) in [7, 11) is -3.91. The van der Waals surface area contributed by atoms with Crippen molar-refractivity contribution in [2.45, 2.75) is 31.6 Å². The molecule has 0 fully saturated rings. The van der Waals surface area contributed by atoms with Gasteiger partial charge in [-0.2, -0.15) is 0 Å². The fourth-order valence-electron chi connectivity index (χ4n) is 3.18. The lowest BCUT2D eigenvalue weighted by Crippen LogP contribution is -2.38. The normalized spacial score (nSPS) is 11.3. The highest BCUT2D eigenvalue weighted by Gasteiger charge is 2.27. The summed E-state index contributed by atoms with van der Waals surface area (Å²) in [5.41, 5.74) is 3.14. The summed E-state index contributed by atoms with van der Waals surface area (Å²) in [6, 6.07) is 22.8. The van der Waals surface area contributed by atoms with Gasteiger partial charge in [0.15, 0.2) is 0 Å². The lowest BCUT2D eigenvalue weighted by Gasteiger charge is -2.24. The number of aryl methyl sites for hydroxylation is 1. The average Bonchev–Trinajstić information content (AvgIpc) is 2.73. The van der Waals surface area contributed by atoms with E-state index < -0.39 is 15.9 Å². The minimum atomic E-state index is -3.91. The van der Waals surface area contributed by atoms with Crippen LogP contribution in [0.3, 0.4) is 0 Å². The number of anilines is 2. The Kier molecular flexibility index (Phi) is 6.57. The van der Waals surface area contributed by atoms with Crippen LogP contribution in [-0.2, 0) is 14.8 Å². The maximum absolute atomic E-state index is 13.3. The Morgan fingerprint density at radius 1 is 0.900 bits per heavy atom. The summed E-state index contributed by atoms with van der Waals surface area (Å²) in [6.07, 6.45) is 0. The number of nitrogens with zero attached hydrogens (tertiary/aromatic N) is 1. The standard InChI is InChI=1S/C24H26N2O3S/c1-18(2)22-11-7-8-12-23(22)25-24(27)17-26(20-15-13-19(3)14-16-20)30(28,29)21-9-5-4-6-10-21/h4-16,18H,17H2,1-3H3,(H,25,27). The van der Waals surface area contributed by atoms with Crippen molar-refractivity contribution in [2.24, 2.45) is 0 Å². The molecule has 3 aromatic carbocycles. The van der Waals surface area contributed by atoms with Gasteiger partial charge < -0.3 is 5.32 Å². The Bertz CT molecular complexity index is 1110. The van der Waals surface area contributed by atoms with E-state index in [4.69, 9.17) is 0 Å². The van der Waals surface area contributed by atoms with E-state index in [1.54, 1.807) is 30.3 Å². The number of nitrogens with one attached hydrogen (secondary N) is 1. The SMILES string of the molecule is Cc1ccc(N(CC(=O)Nc2ccccc2C(C)C)S(=O)(=O)c2ccccc2)cc1. The lowest BCUT2D eigenvalue weighted by atomic mass is 10.0. The van der Waals surface area contributed by atoms with Crippen molar-refractivity contribution in [1.29, 1.82) is 0 Å². The zero-order valence-electron chi connectivity index (χ0n) is 17.4. The molecule has 1 amide bonds. The first-order valence-electron chi connectivity index (χ1n) is 9.82. The molecule has 156 valence electrons. The van der Waals surface area contributed by atoms with Gasteiger partial charge >= 0.3 is 0 Å². The van der Waals surface area contributed by atoms with Gasteiger partial charge in [-0.05, 0) is 48.7 Å². The maximum atomic E-state index is 13.3. The first-order chi connectivity index (χ1) is 14.3. The number of para-hydroxylation sites is 1. The van der Waals surface area contributed by atoms with Crippen molar-refractivity contribution < 1.29 is 13.2 Å². The molecular formula is C24H26N2O3S. The van der Waals surface area contributed by atoms with Gasteiger partial charge in [0.05, 0.1) is 10.6 Å². The summed E-state index contributed by atoms with van der Waals surface area (Å²) in [4.78, 5) is 13.0. The number of carbonyl (C=O) groups is 1. The predicted molar refractivity (Wildman–Crippen MR) is 121 cm³/mol. The summed E-state index contributed by atoms with van der Waals surface area (Å²) in [5.74, 6) is -0.175. The van der Waals surface area contributed by atoms with Crippen LogP contribution < -0.4 is 9.62 Å². The van der Waals surface area contributed by atoms with E-state index in [-0.39, 0.29) is 17.4 Å². The van der Waals surface area contributed by atoms with Gasteiger partial charge in [0.25, 0.3) is 10.0 Å². The number of rotatable bonds is 7. The number of carbonyl (C=O) groups excluding carboxylic acids is 1. The molecule has 1 N–H and O–H groups in total. The highest BCUT2D eigenvalue weighted by atomic mass is 32.2. The monoisotopic (exact) mass is 422 g/mol. The topological polar surface area (TPSA) is 66.5 Å². The summed E-state index contributed by atoms with van der Waals surface area (Å²) in [5, 5.41) is 2.88. The Hall–Kier alpha value is -3.12. The molecule has 0 saturated heterocycles. The van der Waals surface area contributed by atoms with Gasteiger partial charge in [0.2, 0.25) is 5.91 Å². The largest absolute Gasteiger partial charge is 0.324 e. The van der Waals surface area contributed by atoms with Crippen molar-refractivity contribution >= 4 is 27.3 Å². The first-order valence-corrected chi connectivity index (χ1v) is 11.3. The smallest absolute Gasteiger partial charge is 0.264 e. The third-order valence-corrected chi connectivity index (χ3v) is 6.59. The van der Waals surface area contributed by atoms with E-state index >= 15 is 0 Å². The molecule has 0 bridgehead atoms. The number of hydrogen-bond acceptors (Lipinski definition) is 3. The van der Waals surface area contributed by atoms with Gasteiger partial charge in [-0.25, -0.2) is 8.42 Å². The second-order valence-corrected chi connectivity index (χ2v) is 9.31. The second-order valence-electron chi connectivity index (χ2n) is 7.45. The van der Waals surface area contributed by atoms with Crippen LogP contribution in [0.25, 0.3) is 0 Å². The molecule has 0 aromatic heterocycles. The third kappa shape index (κ3) is 4.89. The minimum Gasteiger partial charge on any atom is -0.324 e. The van der Waals surface area contributed by atoms with E-state index in [0.717, 1.165) is 15.4 Å².